The highest BCUT2D eigenvalue weighted by atomic mass is 32.1. The quantitative estimate of drug-likeness (QED) is 0.636. The molecule has 16 heavy (non-hydrogen) atoms. The molecule has 1 rings (SSSR count). The zero-order chi connectivity index (χ0) is 11.6. The third kappa shape index (κ3) is 6.29. The van der Waals surface area contributed by atoms with Crippen molar-refractivity contribution in [1.29, 1.82) is 0 Å². The van der Waals surface area contributed by atoms with Crippen molar-refractivity contribution in [3.63, 3.8) is 0 Å². The molecule has 1 atom stereocenters. The van der Waals surface area contributed by atoms with Gasteiger partial charge in [-0.05, 0) is 50.6 Å². The molecule has 0 aromatic carbocycles. The zero-order valence-corrected chi connectivity index (χ0v) is 11.5. The molecule has 0 bridgehead atoms. The van der Waals surface area contributed by atoms with Gasteiger partial charge in [-0.15, -0.1) is 11.3 Å². The average Bonchev–Trinajstić information content (AvgIpc) is 2.79. The minimum atomic E-state index is 0.696. The normalized spacial score (nSPS) is 12.9. The van der Waals surface area contributed by atoms with Crippen LogP contribution in [0.2, 0.25) is 0 Å². The molecule has 1 unspecified atom stereocenters. The molecule has 1 aromatic rings. The van der Waals surface area contributed by atoms with Gasteiger partial charge in [-0.1, -0.05) is 25.8 Å². The Bertz CT molecular complexity index is 243. The number of nitrogens with one attached hydrogen (secondary N) is 1. The minimum Gasteiger partial charge on any atom is -0.314 e. The Morgan fingerprint density at radius 1 is 1.31 bits per heavy atom. The monoisotopic (exact) mass is 239 g/mol. The predicted octanol–water partition coefficient (Wildman–Crippen LogP) is 4.24. The molecule has 1 aromatic heterocycles. The molecule has 92 valence electrons. The number of rotatable bonds is 9. The highest BCUT2D eigenvalue weighted by molar-refractivity contribution is 7.09. The van der Waals surface area contributed by atoms with Crippen LogP contribution in [-0.4, -0.2) is 12.6 Å². The maximum atomic E-state index is 3.54. The van der Waals surface area contributed by atoms with Crippen LogP contribution in [0.5, 0.6) is 0 Å². The average molecular weight is 239 g/mol. The fourth-order valence-corrected chi connectivity index (χ4v) is 2.63. The maximum Gasteiger partial charge on any atom is 0.00452 e. The summed E-state index contributed by atoms with van der Waals surface area (Å²) in [6, 6.07) is 5.09. The number of hydrogen-bond acceptors (Lipinski definition) is 2. The first kappa shape index (κ1) is 13.7. The molecule has 0 spiro atoms. The van der Waals surface area contributed by atoms with Crippen LogP contribution in [0.25, 0.3) is 0 Å². The molecule has 0 radical (unpaired) electrons. The second-order valence-electron chi connectivity index (χ2n) is 4.53. The van der Waals surface area contributed by atoms with Gasteiger partial charge in [0.1, 0.15) is 0 Å². The van der Waals surface area contributed by atoms with E-state index in [4.69, 9.17) is 0 Å². The van der Waals surface area contributed by atoms with Gasteiger partial charge in [0.25, 0.3) is 0 Å². The third-order valence-electron chi connectivity index (χ3n) is 2.88. The third-order valence-corrected chi connectivity index (χ3v) is 3.82. The number of thiophene rings is 1. The highest BCUT2D eigenvalue weighted by Gasteiger charge is 2.00. The predicted molar refractivity (Wildman–Crippen MR) is 74.2 cm³/mol. The minimum absolute atomic E-state index is 0.696. The molecule has 1 heterocycles. The first-order valence-electron chi connectivity index (χ1n) is 6.58. The van der Waals surface area contributed by atoms with Crippen molar-refractivity contribution in [3.8, 4) is 0 Å². The number of aryl methyl sites for hydroxylation is 1. The molecule has 1 nitrogen and oxygen atoms in total. The van der Waals surface area contributed by atoms with Crippen LogP contribution in [-0.2, 0) is 6.42 Å². The first-order valence-corrected chi connectivity index (χ1v) is 7.46. The summed E-state index contributed by atoms with van der Waals surface area (Å²) in [7, 11) is 0. The standard InChI is InChI=1S/C14H25NS/c1-3-11-15-13(2)8-5-4-6-9-14-10-7-12-16-14/h7,10,12-13,15H,3-6,8-9,11H2,1-2H3. The molecular formula is C14H25NS. The molecule has 0 aliphatic rings. The molecule has 1 N–H and O–H groups in total. The van der Waals surface area contributed by atoms with Crippen molar-refractivity contribution in [3.05, 3.63) is 22.4 Å². The summed E-state index contributed by atoms with van der Waals surface area (Å²) < 4.78 is 0. The van der Waals surface area contributed by atoms with Crippen LogP contribution >= 0.6 is 11.3 Å². The van der Waals surface area contributed by atoms with Gasteiger partial charge in [-0.25, -0.2) is 0 Å². The van der Waals surface area contributed by atoms with Crippen molar-refractivity contribution < 1.29 is 0 Å². The fraction of sp³-hybridized carbons (Fsp3) is 0.714. The van der Waals surface area contributed by atoms with Gasteiger partial charge in [0.15, 0.2) is 0 Å². The van der Waals surface area contributed by atoms with Crippen molar-refractivity contribution >= 4 is 11.3 Å². The summed E-state index contributed by atoms with van der Waals surface area (Å²) in [4.78, 5) is 1.54. The molecule has 0 aliphatic carbocycles. The first-order chi connectivity index (χ1) is 7.83. The van der Waals surface area contributed by atoms with Crippen molar-refractivity contribution in [1.82, 2.24) is 5.32 Å². The van der Waals surface area contributed by atoms with E-state index in [-0.39, 0.29) is 0 Å². The Kier molecular flexibility index (Phi) is 7.52. The lowest BCUT2D eigenvalue weighted by atomic mass is 10.1. The van der Waals surface area contributed by atoms with E-state index in [1.54, 1.807) is 0 Å². The topological polar surface area (TPSA) is 12.0 Å². The van der Waals surface area contributed by atoms with Gasteiger partial charge in [0.2, 0.25) is 0 Å². The molecule has 0 fully saturated rings. The van der Waals surface area contributed by atoms with Crippen molar-refractivity contribution in [2.75, 3.05) is 6.54 Å². The summed E-state index contributed by atoms with van der Waals surface area (Å²) in [6.07, 6.45) is 7.92. The van der Waals surface area contributed by atoms with E-state index >= 15 is 0 Å². The van der Waals surface area contributed by atoms with Gasteiger partial charge in [-0.2, -0.15) is 0 Å². The fourth-order valence-electron chi connectivity index (χ4n) is 1.87. The molecule has 0 amide bonds. The van der Waals surface area contributed by atoms with E-state index in [9.17, 15) is 0 Å². The summed E-state index contributed by atoms with van der Waals surface area (Å²) in [5.41, 5.74) is 0. The Hall–Kier alpha value is -0.340. The zero-order valence-electron chi connectivity index (χ0n) is 10.7. The second-order valence-corrected chi connectivity index (χ2v) is 5.57. The highest BCUT2D eigenvalue weighted by Crippen LogP contribution is 2.13. The number of hydrogen-bond donors (Lipinski definition) is 1. The van der Waals surface area contributed by atoms with Crippen LogP contribution in [0.4, 0.5) is 0 Å². The van der Waals surface area contributed by atoms with Crippen molar-refractivity contribution in [2.45, 2.75) is 58.4 Å². The van der Waals surface area contributed by atoms with E-state index in [0.29, 0.717) is 6.04 Å². The van der Waals surface area contributed by atoms with Gasteiger partial charge in [0, 0.05) is 10.9 Å². The van der Waals surface area contributed by atoms with Gasteiger partial charge in [0.05, 0.1) is 0 Å². The van der Waals surface area contributed by atoms with Crippen LogP contribution in [0.3, 0.4) is 0 Å². The second kappa shape index (κ2) is 8.77. The van der Waals surface area contributed by atoms with Crippen LogP contribution < -0.4 is 5.32 Å². The lowest BCUT2D eigenvalue weighted by Gasteiger charge is -2.12. The van der Waals surface area contributed by atoms with Gasteiger partial charge in [-0.3, -0.25) is 0 Å². The molecule has 2 heteroatoms. The summed E-state index contributed by atoms with van der Waals surface area (Å²) in [5, 5.41) is 5.71. The summed E-state index contributed by atoms with van der Waals surface area (Å²) in [5.74, 6) is 0. The van der Waals surface area contributed by atoms with Crippen LogP contribution in [0.1, 0.15) is 50.8 Å². The molecule has 0 aliphatic heterocycles. The van der Waals surface area contributed by atoms with Gasteiger partial charge < -0.3 is 5.32 Å². The van der Waals surface area contributed by atoms with Gasteiger partial charge >= 0.3 is 0 Å². The molecular weight excluding hydrogens is 214 g/mol. The van der Waals surface area contributed by atoms with E-state index in [1.165, 1.54) is 43.4 Å². The smallest absolute Gasteiger partial charge is 0.00452 e. The van der Waals surface area contributed by atoms with Crippen molar-refractivity contribution in [2.24, 2.45) is 0 Å². The summed E-state index contributed by atoms with van der Waals surface area (Å²) in [6.45, 7) is 5.69. The van der Waals surface area contributed by atoms with E-state index in [0.717, 1.165) is 6.54 Å². The Morgan fingerprint density at radius 3 is 2.88 bits per heavy atom. The Morgan fingerprint density at radius 2 is 2.19 bits per heavy atom. The van der Waals surface area contributed by atoms with E-state index in [1.807, 2.05) is 11.3 Å². The Labute approximate surface area is 104 Å². The van der Waals surface area contributed by atoms with Crippen LogP contribution in [0, 0.1) is 0 Å². The maximum absolute atomic E-state index is 3.54. The number of unbranched alkanes of at least 4 members (excludes halogenated alkanes) is 2. The summed E-state index contributed by atoms with van der Waals surface area (Å²) >= 11 is 1.89. The lowest BCUT2D eigenvalue weighted by Crippen LogP contribution is -2.26. The molecule has 0 saturated heterocycles. The van der Waals surface area contributed by atoms with E-state index < -0.39 is 0 Å². The van der Waals surface area contributed by atoms with Crippen LogP contribution in [0.15, 0.2) is 17.5 Å². The lowest BCUT2D eigenvalue weighted by molar-refractivity contribution is 0.485. The molecule has 0 saturated carbocycles. The van der Waals surface area contributed by atoms with E-state index in [2.05, 4.69) is 36.7 Å². The Balaban J connectivity index is 1.91. The largest absolute Gasteiger partial charge is 0.314 e. The SMILES string of the molecule is CCCNC(C)CCCCCc1cccs1.